The summed E-state index contributed by atoms with van der Waals surface area (Å²) in [6, 6.07) is 6.42. The molecular weight excluding hydrogens is 322 g/mol. The van der Waals surface area contributed by atoms with E-state index in [1.807, 2.05) is 11.5 Å². The number of ether oxygens (including phenoxy) is 2. The van der Waals surface area contributed by atoms with E-state index in [-0.39, 0.29) is 12.2 Å². The third kappa shape index (κ3) is 3.13. The molecule has 4 rings (SSSR count). The first-order valence-electron chi connectivity index (χ1n) is 8.76. The number of rotatable bonds is 5. The number of hydrogen-bond donors (Lipinski definition) is 1. The molecule has 2 atom stereocenters. The lowest BCUT2D eigenvalue weighted by Crippen LogP contribution is -2.19. The fourth-order valence-corrected chi connectivity index (χ4v) is 3.90. The molecule has 0 radical (unpaired) electrons. The quantitative estimate of drug-likeness (QED) is 0.839. The molecule has 6 heteroatoms. The molecule has 0 unspecified atom stereocenters. The van der Waals surface area contributed by atoms with Gasteiger partial charge in [0.05, 0.1) is 12.6 Å². The van der Waals surface area contributed by atoms with Crippen LogP contribution in [0.4, 0.5) is 0 Å². The molecule has 5 nitrogen and oxygen atoms in total. The third-order valence-corrected chi connectivity index (χ3v) is 5.26. The van der Waals surface area contributed by atoms with Gasteiger partial charge in [0.1, 0.15) is 5.75 Å². The zero-order valence-electron chi connectivity index (χ0n) is 14.0. The normalized spacial score (nSPS) is 21.0. The van der Waals surface area contributed by atoms with Crippen LogP contribution in [0.25, 0.3) is 0 Å². The minimum absolute atomic E-state index is 0.168. The highest BCUT2D eigenvalue weighted by atomic mass is 32.1. The van der Waals surface area contributed by atoms with Gasteiger partial charge in [-0.05, 0) is 74.5 Å². The molecule has 128 valence electrons. The van der Waals surface area contributed by atoms with E-state index in [1.54, 1.807) is 0 Å². The van der Waals surface area contributed by atoms with E-state index >= 15 is 0 Å². The Bertz CT molecular complexity index is 777. The maximum atomic E-state index is 6.15. The van der Waals surface area contributed by atoms with Crippen LogP contribution in [0, 0.1) is 4.77 Å². The lowest BCUT2D eigenvalue weighted by molar-refractivity contribution is 0.0935. The SMILES string of the molecule is C[C@@H](Oc1ccc2c(c1)CCC2)c1n[nH]c(=S)n1C[C@H]1CCCO1. The highest BCUT2D eigenvalue weighted by Crippen LogP contribution is 2.28. The Morgan fingerprint density at radius 3 is 3.08 bits per heavy atom. The number of fused-ring (bicyclic) bond motifs is 1. The van der Waals surface area contributed by atoms with Crippen molar-refractivity contribution in [3.05, 3.63) is 39.9 Å². The topological polar surface area (TPSA) is 52.1 Å². The Kier molecular flexibility index (Phi) is 4.41. The second-order valence-electron chi connectivity index (χ2n) is 6.68. The van der Waals surface area contributed by atoms with Gasteiger partial charge in [-0.25, -0.2) is 0 Å². The maximum absolute atomic E-state index is 6.15. The average molecular weight is 345 g/mol. The number of nitrogens with zero attached hydrogens (tertiary/aromatic N) is 2. The van der Waals surface area contributed by atoms with Crippen LogP contribution in [0.2, 0.25) is 0 Å². The summed E-state index contributed by atoms with van der Waals surface area (Å²) in [7, 11) is 0. The molecule has 1 saturated heterocycles. The van der Waals surface area contributed by atoms with Crippen LogP contribution in [-0.2, 0) is 24.1 Å². The summed E-state index contributed by atoms with van der Waals surface area (Å²) in [6.45, 7) is 3.60. The van der Waals surface area contributed by atoms with Crippen LogP contribution in [0.15, 0.2) is 18.2 Å². The van der Waals surface area contributed by atoms with Gasteiger partial charge >= 0.3 is 0 Å². The van der Waals surface area contributed by atoms with Crippen molar-refractivity contribution in [2.24, 2.45) is 0 Å². The molecule has 1 fully saturated rings. The Labute approximate surface area is 147 Å². The summed E-state index contributed by atoms with van der Waals surface area (Å²) in [4.78, 5) is 0. The molecule has 1 aliphatic carbocycles. The molecular formula is C18H23N3O2S. The van der Waals surface area contributed by atoms with Gasteiger partial charge in [-0.2, -0.15) is 5.10 Å². The van der Waals surface area contributed by atoms with Crippen LogP contribution in [0.5, 0.6) is 5.75 Å². The Morgan fingerprint density at radius 1 is 1.38 bits per heavy atom. The van der Waals surface area contributed by atoms with Crippen molar-refractivity contribution in [3.63, 3.8) is 0 Å². The number of aromatic amines is 1. The molecule has 2 aromatic rings. The highest BCUT2D eigenvalue weighted by molar-refractivity contribution is 7.71. The van der Waals surface area contributed by atoms with E-state index in [4.69, 9.17) is 21.7 Å². The first kappa shape index (κ1) is 15.8. The van der Waals surface area contributed by atoms with Gasteiger partial charge in [0.15, 0.2) is 16.7 Å². The van der Waals surface area contributed by atoms with Crippen LogP contribution in [-0.4, -0.2) is 27.5 Å². The van der Waals surface area contributed by atoms with E-state index in [9.17, 15) is 0 Å². The van der Waals surface area contributed by atoms with Crippen molar-refractivity contribution in [2.75, 3.05) is 6.61 Å². The summed E-state index contributed by atoms with van der Waals surface area (Å²) in [6.07, 6.45) is 5.83. The van der Waals surface area contributed by atoms with Crippen LogP contribution in [0.1, 0.15) is 49.2 Å². The first-order valence-corrected chi connectivity index (χ1v) is 9.16. The Hall–Kier alpha value is -1.66. The summed E-state index contributed by atoms with van der Waals surface area (Å²) in [5.74, 6) is 1.73. The number of nitrogens with one attached hydrogen (secondary N) is 1. The zero-order valence-corrected chi connectivity index (χ0v) is 14.8. The molecule has 1 aromatic heterocycles. The van der Waals surface area contributed by atoms with Crippen LogP contribution in [0.3, 0.4) is 0 Å². The maximum Gasteiger partial charge on any atom is 0.195 e. The molecule has 1 aromatic carbocycles. The van der Waals surface area contributed by atoms with Crippen molar-refractivity contribution >= 4 is 12.2 Å². The van der Waals surface area contributed by atoms with Crippen molar-refractivity contribution in [1.29, 1.82) is 0 Å². The predicted molar refractivity (Wildman–Crippen MR) is 93.9 cm³/mol. The van der Waals surface area contributed by atoms with E-state index in [0.717, 1.165) is 44.0 Å². The van der Waals surface area contributed by atoms with Gasteiger partial charge in [-0.3, -0.25) is 9.67 Å². The molecule has 0 bridgehead atoms. The van der Waals surface area contributed by atoms with Gasteiger partial charge in [-0.15, -0.1) is 0 Å². The average Bonchev–Trinajstić information content (AvgIpc) is 3.30. The van der Waals surface area contributed by atoms with E-state index in [0.29, 0.717) is 4.77 Å². The zero-order chi connectivity index (χ0) is 16.5. The number of benzene rings is 1. The second kappa shape index (κ2) is 6.69. The highest BCUT2D eigenvalue weighted by Gasteiger charge is 2.22. The largest absolute Gasteiger partial charge is 0.483 e. The van der Waals surface area contributed by atoms with E-state index in [2.05, 4.69) is 28.4 Å². The fraction of sp³-hybridized carbons (Fsp3) is 0.556. The lowest BCUT2D eigenvalue weighted by Gasteiger charge is -2.18. The van der Waals surface area contributed by atoms with Gasteiger partial charge in [-0.1, -0.05) is 6.07 Å². The number of H-pyrrole nitrogens is 1. The Morgan fingerprint density at radius 2 is 2.25 bits per heavy atom. The molecule has 1 aliphatic heterocycles. The summed E-state index contributed by atoms with van der Waals surface area (Å²) in [5, 5.41) is 7.29. The van der Waals surface area contributed by atoms with Gasteiger partial charge in [0, 0.05) is 6.61 Å². The minimum Gasteiger partial charge on any atom is -0.483 e. The second-order valence-corrected chi connectivity index (χ2v) is 7.06. The smallest absolute Gasteiger partial charge is 0.195 e. The molecule has 0 spiro atoms. The first-order chi connectivity index (χ1) is 11.7. The lowest BCUT2D eigenvalue weighted by atomic mass is 10.1. The molecule has 0 amide bonds. The Balaban J connectivity index is 1.52. The molecule has 2 aliphatic rings. The standard InChI is InChI=1S/C18H23N3O2S/c1-12(23-15-8-7-13-4-2-5-14(13)10-15)17-19-20-18(24)21(17)11-16-6-3-9-22-16/h7-8,10,12,16H,2-6,9,11H2,1H3,(H,20,24)/t12-,16-/m1/s1. The minimum atomic E-state index is -0.168. The fourth-order valence-electron chi connectivity index (χ4n) is 3.69. The van der Waals surface area contributed by atoms with Crippen molar-refractivity contribution < 1.29 is 9.47 Å². The summed E-state index contributed by atoms with van der Waals surface area (Å²) >= 11 is 5.39. The monoisotopic (exact) mass is 345 g/mol. The van der Waals surface area contributed by atoms with E-state index < -0.39 is 0 Å². The van der Waals surface area contributed by atoms with E-state index in [1.165, 1.54) is 24.0 Å². The van der Waals surface area contributed by atoms with Crippen molar-refractivity contribution in [2.45, 2.75) is 57.8 Å². The summed E-state index contributed by atoms with van der Waals surface area (Å²) < 4.78 is 14.5. The van der Waals surface area contributed by atoms with Crippen LogP contribution >= 0.6 is 12.2 Å². The summed E-state index contributed by atoms with van der Waals surface area (Å²) in [5.41, 5.74) is 2.87. The van der Waals surface area contributed by atoms with Gasteiger partial charge in [0.25, 0.3) is 0 Å². The molecule has 2 heterocycles. The van der Waals surface area contributed by atoms with Crippen molar-refractivity contribution in [1.82, 2.24) is 14.8 Å². The molecule has 1 N–H and O–H groups in total. The number of aromatic nitrogens is 3. The molecule has 0 saturated carbocycles. The number of aryl methyl sites for hydroxylation is 2. The van der Waals surface area contributed by atoms with Gasteiger partial charge < -0.3 is 9.47 Å². The number of hydrogen-bond acceptors (Lipinski definition) is 4. The third-order valence-electron chi connectivity index (χ3n) is 4.94. The predicted octanol–water partition coefficient (Wildman–Crippen LogP) is 3.75. The van der Waals surface area contributed by atoms with Gasteiger partial charge in [0.2, 0.25) is 0 Å². The van der Waals surface area contributed by atoms with Crippen molar-refractivity contribution in [3.8, 4) is 5.75 Å². The van der Waals surface area contributed by atoms with Crippen LogP contribution < -0.4 is 4.74 Å². The molecule has 24 heavy (non-hydrogen) atoms.